The van der Waals surface area contributed by atoms with Crippen molar-refractivity contribution in [2.75, 3.05) is 11.9 Å². The Kier molecular flexibility index (Phi) is 4.63. The van der Waals surface area contributed by atoms with Gasteiger partial charge in [-0.25, -0.2) is 0 Å². The SMILES string of the molecule is Cc1cc(C)cc(N(C)c2ccc(CBr)cc2[N+](=O)[O-])c1. The van der Waals surface area contributed by atoms with Crippen LogP contribution in [-0.2, 0) is 5.33 Å². The summed E-state index contributed by atoms with van der Waals surface area (Å²) in [5.74, 6) is 0. The van der Waals surface area contributed by atoms with Gasteiger partial charge in [0.25, 0.3) is 5.69 Å². The third-order valence-electron chi connectivity index (χ3n) is 3.35. The second-order valence-electron chi connectivity index (χ2n) is 5.12. The normalized spacial score (nSPS) is 10.5. The zero-order chi connectivity index (χ0) is 15.6. The number of halogens is 1. The second-order valence-corrected chi connectivity index (χ2v) is 5.68. The number of nitro groups is 1. The third-order valence-corrected chi connectivity index (χ3v) is 3.99. The van der Waals surface area contributed by atoms with Gasteiger partial charge in [-0.2, -0.15) is 0 Å². The lowest BCUT2D eigenvalue weighted by Crippen LogP contribution is -2.12. The van der Waals surface area contributed by atoms with Crippen molar-refractivity contribution in [3.63, 3.8) is 0 Å². The first-order valence-corrected chi connectivity index (χ1v) is 7.70. The van der Waals surface area contributed by atoms with Crippen LogP contribution in [0, 0.1) is 24.0 Å². The van der Waals surface area contributed by atoms with E-state index in [2.05, 4.69) is 22.0 Å². The molecule has 0 saturated carbocycles. The summed E-state index contributed by atoms with van der Waals surface area (Å²) in [6, 6.07) is 11.4. The Morgan fingerprint density at radius 1 is 1.14 bits per heavy atom. The summed E-state index contributed by atoms with van der Waals surface area (Å²) in [4.78, 5) is 12.8. The molecule has 0 aliphatic heterocycles. The zero-order valence-corrected chi connectivity index (χ0v) is 13.8. The highest BCUT2D eigenvalue weighted by Crippen LogP contribution is 2.34. The lowest BCUT2D eigenvalue weighted by molar-refractivity contribution is -0.384. The number of hydrogen-bond acceptors (Lipinski definition) is 3. The van der Waals surface area contributed by atoms with Crippen LogP contribution in [-0.4, -0.2) is 12.0 Å². The Morgan fingerprint density at radius 2 is 1.76 bits per heavy atom. The van der Waals surface area contributed by atoms with Gasteiger partial charge in [-0.05, 0) is 48.7 Å². The summed E-state index contributed by atoms with van der Waals surface area (Å²) in [7, 11) is 1.85. The maximum Gasteiger partial charge on any atom is 0.293 e. The quantitative estimate of drug-likeness (QED) is 0.449. The molecule has 0 unspecified atom stereocenters. The molecule has 5 heteroatoms. The van der Waals surface area contributed by atoms with Crippen molar-refractivity contribution in [2.45, 2.75) is 19.2 Å². The maximum atomic E-state index is 11.3. The van der Waals surface area contributed by atoms with Crippen molar-refractivity contribution >= 4 is 33.0 Å². The number of aryl methyl sites for hydroxylation is 2. The van der Waals surface area contributed by atoms with E-state index in [0.29, 0.717) is 11.0 Å². The average Bonchev–Trinajstić information content (AvgIpc) is 2.44. The van der Waals surface area contributed by atoms with Crippen LogP contribution in [0.2, 0.25) is 0 Å². The summed E-state index contributed by atoms with van der Waals surface area (Å²) in [6.07, 6.45) is 0. The first-order chi connectivity index (χ1) is 9.92. The highest BCUT2D eigenvalue weighted by Gasteiger charge is 2.19. The topological polar surface area (TPSA) is 46.4 Å². The number of benzene rings is 2. The molecule has 0 aliphatic rings. The van der Waals surface area contributed by atoms with Crippen molar-refractivity contribution in [1.29, 1.82) is 0 Å². The summed E-state index contributed by atoms with van der Waals surface area (Å²) in [5, 5.41) is 11.9. The van der Waals surface area contributed by atoms with Crippen molar-refractivity contribution in [2.24, 2.45) is 0 Å². The zero-order valence-electron chi connectivity index (χ0n) is 12.3. The van der Waals surface area contributed by atoms with Crippen LogP contribution in [0.5, 0.6) is 0 Å². The van der Waals surface area contributed by atoms with Crippen LogP contribution in [0.4, 0.5) is 17.1 Å². The lowest BCUT2D eigenvalue weighted by Gasteiger charge is -2.21. The molecule has 2 aromatic rings. The smallest absolute Gasteiger partial charge is 0.293 e. The molecule has 0 fully saturated rings. The van der Waals surface area contributed by atoms with Gasteiger partial charge in [-0.1, -0.05) is 28.1 Å². The van der Waals surface area contributed by atoms with Crippen LogP contribution in [0.15, 0.2) is 36.4 Å². The molecule has 0 spiro atoms. The minimum absolute atomic E-state index is 0.119. The van der Waals surface area contributed by atoms with E-state index in [9.17, 15) is 10.1 Å². The summed E-state index contributed by atoms with van der Waals surface area (Å²) >= 11 is 3.33. The fourth-order valence-corrected chi connectivity index (χ4v) is 2.71. The molecule has 0 saturated heterocycles. The van der Waals surface area contributed by atoms with Gasteiger partial charge in [-0.3, -0.25) is 10.1 Å². The fourth-order valence-electron chi connectivity index (χ4n) is 2.37. The second kappa shape index (κ2) is 6.26. The fraction of sp³-hybridized carbons (Fsp3) is 0.250. The van der Waals surface area contributed by atoms with Gasteiger partial charge in [0, 0.05) is 24.1 Å². The van der Waals surface area contributed by atoms with E-state index in [1.807, 2.05) is 44.0 Å². The molecule has 4 nitrogen and oxygen atoms in total. The largest absolute Gasteiger partial charge is 0.339 e. The molecular formula is C16H17BrN2O2. The minimum Gasteiger partial charge on any atom is -0.339 e. The summed E-state index contributed by atoms with van der Waals surface area (Å²) < 4.78 is 0. The average molecular weight is 349 g/mol. The van der Waals surface area contributed by atoms with E-state index in [0.717, 1.165) is 22.4 Å². The highest BCUT2D eigenvalue weighted by atomic mass is 79.9. The van der Waals surface area contributed by atoms with Crippen molar-refractivity contribution in [1.82, 2.24) is 0 Å². The number of nitrogens with zero attached hydrogens (tertiary/aromatic N) is 2. The summed E-state index contributed by atoms with van der Waals surface area (Å²) in [5.41, 5.74) is 4.82. The van der Waals surface area contributed by atoms with Gasteiger partial charge in [0.15, 0.2) is 0 Å². The Morgan fingerprint density at radius 3 is 2.29 bits per heavy atom. The third kappa shape index (κ3) is 3.42. The molecule has 0 aliphatic carbocycles. The molecule has 110 valence electrons. The molecular weight excluding hydrogens is 332 g/mol. The van der Waals surface area contributed by atoms with E-state index in [1.165, 1.54) is 0 Å². The maximum absolute atomic E-state index is 11.3. The predicted octanol–water partition coefficient (Wildman–Crippen LogP) is 4.87. The Balaban J connectivity index is 2.52. The van der Waals surface area contributed by atoms with E-state index in [4.69, 9.17) is 0 Å². The van der Waals surface area contributed by atoms with E-state index >= 15 is 0 Å². The number of hydrogen-bond donors (Lipinski definition) is 0. The minimum atomic E-state index is -0.333. The number of rotatable bonds is 4. The molecule has 0 heterocycles. The number of nitro benzene ring substituents is 1. The molecule has 0 aromatic heterocycles. The number of anilines is 2. The molecule has 2 rings (SSSR count). The standard InChI is InChI=1S/C16H17BrN2O2/c1-11-6-12(2)8-14(7-11)18(3)15-5-4-13(10-17)9-16(15)19(20)21/h4-9H,10H2,1-3H3. The highest BCUT2D eigenvalue weighted by molar-refractivity contribution is 9.08. The molecule has 0 N–H and O–H groups in total. The van der Waals surface area contributed by atoms with Crippen LogP contribution < -0.4 is 4.90 Å². The Labute approximate surface area is 132 Å². The van der Waals surface area contributed by atoms with Crippen LogP contribution >= 0.6 is 15.9 Å². The first kappa shape index (κ1) is 15.5. The predicted molar refractivity (Wildman–Crippen MR) is 89.7 cm³/mol. The molecule has 2 aromatic carbocycles. The van der Waals surface area contributed by atoms with E-state index < -0.39 is 0 Å². The van der Waals surface area contributed by atoms with E-state index in [1.54, 1.807) is 12.1 Å². The van der Waals surface area contributed by atoms with Gasteiger partial charge in [0.05, 0.1) is 4.92 Å². The summed E-state index contributed by atoms with van der Waals surface area (Å²) in [6.45, 7) is 4.04. The van der Waals surface area contributed by atoms with Crippen molar-refractivity contribution < 1.29 is 4.92 Å². The van der Waals surface area contributed by atoms with Gasteiger partial charge >= 0.3 is 0 Å². The van der Waals surface area contributed by atoms with Crippen LogP contribution in [0.25, 0.3) is 0 Å². The molecule has 0 bridgehead atoms. The molecule has 0 atom stereocenters. The molecule has 0 radical (unpaired) electrons. The lowest BCUT2D eigenvalue weighted by atomic mass is 10.1. The van der Waals surface area contributed by atoms with E-state index in [-0.39, 0.29) is 10.6 Å². The van der Waals surface area contributed by atoms with Crippen LogP contribution in [0.3, 0.4) is 0 Å². The Bertz CT molecular complexity index is 666. The molecule has 21 heavy (non-hydrogen) atoms. The Hall–Kier alpha value is -1.88. The monoisotopic (exact) mass is 348 g/mol. The first-order valence-electron chi connectivity index (χ1n) is 6.57. The van der Waals surface area contributed by atoms with Gasteiger partial charge in [0.1, 0.15) is 5.69 Å². The van der Waals surface area contributed by atoms with Crippen molar-refractivity contribution in [3.8, 4) is 0 Å². The van der Waals surface area contributed by atoms with Crippen molar-refractivity contribution in [3.05, 3.63) is 63.2 Å². The van der Waals surface area contributed by atoms with Crippen LogP contribution in [0.1, 0.15) is 16.7 Å². The van der Waals surface area contributed by atoms with Gasteiger partial charge in [-0.15, -0.1) is 0 Å². The van der Waals surface area contributed by atoms with Gasteiger partial charge in [0.2, 0.25) is 0 Å². The van der Waals surface area contributed by atoms with Gasteiger partial charge < -0.3 is 4.90 Å². The molecule has 0 amide bonds. The number of alkyl halides is 1.